The first-order chi connectivity index (χ1) is 20.3. The largest absolute Gasteiger partial charge is 0.444 e. The standard InChI is InChI=1S/C26H22N8O6S2/c35-20(32-10-11-34(21(36)13-32)42(38,39)26-30-18-8-4-5-9-19(18)41-26)12-33-16-29-22-23(27-15-28-24(22)33)31-25(37)40-14-17-6-2-1-3-7-17/h1-9,15-16H,10-14H2,(H,27,28,31,37). The lowest BCUT2D eigenvalue weighted by Crippen LogP contribution is -2.54. The molecule has 16 heteroatoms. The number of benzene rings is 2. The summed E-state index contributed by atoms with van der Waals surface area (Å²) in [6.07, 6.45) is 1.85. The Kier molecular flexibility index (Phi) is 7.22. The molecule has 214 valence electrons. The van der Waals surface area contributed by atoms with Gasteiger partial charge in [0.05, 0.1) is 23.1 Å². The molecule has 6 rings (SSSR count). The number of hydrogen-bond acceptors (Lipinski definition) is 11. The van der Waals surface area contributed by atoms with E-state index < -0.39 is 34.5 Å². The number of rotatable bonds is 7. The highest BCUT2D eigenvalue weighted by Crippen LogP contribution is 2.28. The minimum absolute atomic E-state index is 0.0103. The van der Waals surface area contributed by atoms with Crippen molar-refractivity contribution < 1.29 is 27.5 Å². The number of amides is 3. The van der Waals surface area contributed by atoms with Crippen molar-refractivity contribution in [3.05, 3.63) is 72.8 Å². The molecular weight excluding hydrogens is 584 g/mol. The minimum atomic E-state index is -4.16. The number of nitrogens with zero attached hydrogens (tertiary/aromatic N) is 7. The van der Waals surface area contributed by atoms with Gasteiger partial charge in [-0.15, -0.1) is 11.3 Å². The molecule has 4 heterocycles. The zero-order valence-corrected chi connectivity index (χ0v) is 23.4. The van der Waals surface area contributed by atoms with Crippen molar-refractivity contribution in [3.8, 4) is 0 Å². The van der Waals surface area contributed by atoms with Crippen LogP contribution in [-0.2, 0) is 37.5 Å². The molecule has 42 heavy (non-hydrogen) atoms. The molecule has 2 aromatic carbocycles. The van der Waals surface area contributed by atoms with Gasteiger partial charge in [-0.2, -0.15) is 8.42 Å². The summed E-state index contributed by atoms with van der Waals surface area (Å²) in [6.45, 7) is -0.753. The van der Waals surface area contributed by atoms with Crippen LogP contribution in [0.25, 0.3) is 21.4 Å². The van der Waals surface area contributed by atoms with Gasteiger partial charge in [-0.3, -0.25) is 14.9 Å². The minimum Gasteiger partial charge on any atom is -0.444 e. The lowest BCUT2D eigenvalue weighted by molar-refractivity contribution is -0.142. The second-order valence-electron chi connectivity index (χ2n) is 9.19. The van der Waals surface area contributed by atoms with Gasteiger partial charge in [0.25, 0.3) is 15.9 Å². The van der Waals surface area contributed by atoms with Crippen LogP contribution in [0.3, 0.4) is 0 Å². The van der Waals surface area contributed by atoms with E-state index in [1.807, 2.05) is 30.3 Å². The molecule has 1 saturated heterocycles. The zero-order valence-electron chi connectivity index (χ0n) is 21.8. The number of sulfonamides is 1. The summed E-state index contributed by atoms with van der Waals surface area (Å²) in [6, 6.07) is 16.2. The fourth-order valence-corrected chi connectivity index (χ4v) is 7.08. The van der Waals surface area contributed by atoms with Crippen molar-refractivity contribution in [1.29, 1.82) is 0 Å². The number of anilines is 1. The predicted molar refractivity (Wildman–Crippen MR) is 151 cm³/mol. The van der Waals surface area contributed by atoms with Gasteiger partial charge in [-0.25, -0.2) is 29.0 Å². The number of carbonyl (C=O) groups is 3. The Hall–Kier alpha value is -4.96. The molecule has 1 fully saturated rings. The average Bonchev–Trinajstić information content (AvgIpc) is 3.62. The lowest BCUT2D eigenvalue weighted by atomic mass is 10.2. The normalized spacial score (nSPS) is 14.0. The Morgan fingerprint density at radius 3 is 2.57 bits per heavy atom. The van der Waals surface area contributed by atoms with E-state index in [2.05, 4.69) is 25.3 Å². The molecule has 14 nitrogen and oxygen atoms in total. The summed E-state index contributed by atoms with van der Waals surface area (Å²) in [5, 5.41) is 2.54. The van der Waals surface area contributed by atoms with E-state index in [-0.39, 0.29) is 47.6 Å². The summed E-state index contributed by atoms with van der Waals surface area (Å²) in [5.74, 6) is -1.06. The topological polar surface area (TPSA) is 170 Å². The Morgan fingerprint density at radius 2 is 1.79 bits per heavy atom. The molecule has 0 radical (unpaired) electrons. The third-order valence-electron chi connectivity index (χ3n) is 6.46. The first-order valence-corrected chi connectivity index (χ1v) is 14.9. The molecule has 0 spiro atoms. The quantitative estimate of drug-likeness (QED) is 0.290. The van der Waals surface area contributed by atoms with Gasteiger partial charge in [-0.1, -0.05) is 42.5 Å². The molecule has 0 saturated carbocycles. The Balaban J connectivity index is 1.10. The van der Waals surface area contributed by atoms with Crippen molar-refractivity contribution in [2.45, 2.75) is 17.5 Å². The number of aromatic nitrogens is 5. The molecule has 1 aliphatic heterocycles. The number of hydrogen-bond donors (Lipinski definition) is 1. The number of fused-ring (bicyclic) bond motifs is 2. The number of piperazine rings is 1. The van der Waals surface area contributed by atoms with E-state index in [0.29, 0.717) is 10.2 Å². The third kappa shape index (κ3) is 5.36. The zero-order chi connectivity index (χ0) is 29.3. The second-order valence-corrected chi connectivity index (χ2v) is 12.3. The van der Waals surface area contributed by atoms with Crippen LogP contribution in [0, 0.1) is 0 Å². The summed E-state index contributed by atoms with van der Waals surface area (Å²) in [7, 11) is -4.16. The lowest BCUT2D eigenvalue weighted by Gasteiger charge is -2.33. The molecule has 0 aliphatic carbocycles. The van der Waals surface area contributed by atoms with Crippen LogP contribution < -0.4 is 5.32 Å². The number of imidazole rings is 1. The first kappa shape index (κ1) is 27.2. The van der Waals surface area contributed by atoms with Gasteiger partial charge in [0.1, 0.15) is 26.0 Å². The Bertz CT molecular complexity index is 1890. The molecule has 1 aliphatic rings. The van der Waals surface area contributed by atoms with Gasteiger partial charge in [0.15, 0.2) is 17.0 Å². The molecular formula is C26H22N8O6S2. The monoisotopic (exact) mass is 606 g/mol. The van der Waals surface area contributed by atoms with E-state index in [1.165, 1.54) is 22.1 Å². The SMILES string of the molecule is O=C(Nc1ncnc2c1ncn2CC(=O)N1CCN(S(=O)(=O)c2nc3ccccc3s2)C(=O)C1)OCc1ccccc1. The Morgan fingerprint density at radius 1 is 1.00 bits per heavy atom. The molecule has 0 unspecified atom stereocenters. The van der Waals surface area contributed by atoms with Crippen molar-refractivity contribution in [3.63, 3.8) is 0 Å². The van der Waals surface area contributed by atoms with Gasteiger partial charge >= 0.3 is 6.09 Å². The highest BCUT2D eigenvalue weighted by atomic mass is 32.2. The van der Waals surface area contributed by atoms with E-state index in [0.717, 1.165) is 21.2 Å². The van der Waals surface area contributed by atoms with Gasteiger partial charge < -0.3 is 14.2 Å². The van der Waals surface area contributed by atoms with Crippen LogP contribution in [0.2, 0.25) is 0 Å². The Labute approximate surface area is 242 Å². The maximum Gasteiger partial charge on any atom is 0.413 e. The number of para-hydroxylation sites is 1. The molecule has 1 N–H and O–H groups in total. The summed E-state index contributed by atoms with van der Waals surface area (Å²) in [4.78, 5) is 56.2. The van der Waals surface area contributed by atoms with E-state index >= 15 is 0 Å². The van der Waals surface area contributed by atoms with Crippen LogP contribution >= 0.6 is 11.3 Å². The van der Waals surface area contributed by atoms with Crippen molar-refractivity contribution in [2.75, 3.05) is 25.0 Å². The summed E-state index contributed by atoms with van der Waals surface area (Å²) in [5.41, 5.74) is 1.86. The van der Waals surface area contributed by atoms with Gasteiger partial charge in [-0.05, 0) is 17.7 Å². The van der Waals surface area contributed by atoms with Crippen LogP contribution in [0.5, 0.6) is 0 Å². The highest BCUT2D eigenvalue weighted by molar-refractivity contribution is 7.91. The number of nitrogens with one attached hydrogen (secondary N) is 1. The highest BCUT2D eigenvalue weighted by Gasteiger charge is 2.37. The fraction of sp³-hybridized carbons (Fsp3) is 0.192. The van der Waals surface area contributed by atoms with Crippen molar-refractivity contribution in [2.24, 2.45) is 0 Å². The second kappa shape index (κ2) is 11.1. The molecule has 0 atom stereocenters. The van der Waals surface area contributed by atoms with Crippen molar-refractivity contribution >= 4 is 66.5 Å². The number of thiazole rings is 1. The number of ether oxygens (including phenoxy) is 1. The first-order valence-electron chi connectivity index (χ1n) is 12.6. The maximum atomic E-state index is 13.2. The van der Waals surface area contributed by atoms with Crippen LogP contribution in [0.1, 0.15) is 5.56 Å². The molecule has 3 aromatic heterocycles. The van der Waals surface area contributed by atoms with E-state index in [4.69, 9.17) is 4.74 Å². The number of carbonyl (C=O) groups excluding carboxylic acids is 3. The molecule has 3 amide bonds. The smallest absolute Gasteiger partial charge is 0.413 e. The molecule has 0 bridgehead atoms. The summed E-state index contributed by atoms with van der Waals surface area (Å²) < 4.78 is 34.3. The van der Waals surface area contributed by atoms with Crippen molar-refractivity contribution in [1.82, 2.24) is 33.7 Å². The predicted octanol–water partition coefficient (Wildman–Crippen LogP) is 2.24. The van der Waals surface area contributed by atoms with Crippen LogP contribution in [0.15, 0.2) is 71.6 Å². The molecule has 5 aromatic rings. The third-order valence-corrected chi connectivity index (χ3v) is 9.67. The van der Waals surface area contributed by atoms with E-state index in [9.17, 15) is 22.8 Å². The maximum absolute atomic E-state index is 13.2. The van der Waals surface area contributed by atoms with Crippen LogP contribution in [-0.4, -0.2) is 79.7 Å². The summed E-state index contributed by atoms with van der Waals surface area (Å²) >= 11 is 0.987. The van der Waals surface area contributed by atoms with Gasteiger partial charge in [0, 0.05) is 6.54 Å². The fourth-order valence-electron chi connectivity index (χ4n) is 4.37. The average molecular weight is 607 g/mol. The van der Waals surface area contributed by atoms with Gasteiger partial charge in [0.2, 0.25) is 10.2 Å². The van der Waals surface area contributed by atoms with Crippen LogP contribution in [0.4, 0.5) is 10.6 Å². The van der Waals surface area contributed by atoms with E-state index in [1.54, 1.807) is 24.3 Å².